The zero-order valence-corrected chi connectivity index (χ0v) is 15.1. The molecule has 1 aliphatic carbocycles. The van der Waals surface area contributed by atoms with Gasteiger partial charge in [-0.3, -0.25) is 4.79 Å². The first-order chi connectivity index (χ1) is 12.9. The maximum Gasteiger partial charge on any atom is 0.335 e. The average Bonchev–Trinajstić information content (AvgIpc) is 3.50. The lowest BCUT2D eigenvalue weighted by Gasteiger charge is -2.24. The lowest BCUT2D eigenvalue weighted by molar-refractivity contribution is 0.0689. The summed E-state index contributed by atoms with van der Waals surface area (Å²) in [6, 6.07) is 8.64. The van der Waals surface area contributed by atoms with Crippen molar-refractivity contribution in [2.45, 2.75) is 25.4 Å². The number of hydrogen-bond acceptors (Lipinski definition) is 4. The molecule has 1 fully saturated rings. The minimum atomic E-state index is -1.24. The number of aromatic carboxylic acids is 1. The Morgan fingerprint density at radius 1 is 1.15 bits per heavy atom. The first-order valence-corrected chi connectivity index (χ1v) is 8.49. The van der Waals surface area contributed by atoms with Crippen molar-refractivity contribution in [3.63, 3.8) is 0 Å². The normalized spacial score (nSPS) is 13.1. The number of amides is 1. The highest BCUT2D eigenvalue weighted by Gasteiger charge is 2.34. The second-order valence-corrected chi connectivity index (χ2v) is 6.34. The molecule has 2 aromatic rings. The number of carboxylic acids is 1. The lowest BCUT2D eigenvalue weighted by atomic mass is 10.1. The van der Waals surface area contributed by atoms with E-state index in [-0.39, 0.29) is 23.7 Å². The van der Waals surface area contributed by atoms with Crippen LogP contribution in [0.3, 0.4) is 0 Å². The number of carbonyl (C=O) groups excluding carboxylic acids is 1. The van der Waals surface area contributed by atoms with Gasteiger partial charge in [-0.25, -0.2) is 9.18 Å². The topological polar surface area (TPSA) is 76.1 Å². The minimum Gasteiger partial charge on any atom is -0.497 e. The number of carboxylic acid groups (broad SMARTS) is 1. The monoisotopic (exact) mass is 373 g/mol. The summed E-state index contributed by atoms with van der Waals surface area (Å²) >= 11 is 0. The van der Waals surface area contributed by atoms with E-state index < -0.39 is 17.7 Å². The van der Waals surface area contributed by atoms with Crippen molar-refractivity contribution in [2.75, 3.05) is 14.2 Å². The fourth-order valence-electron chi connectivity index (χ4n) is 2.92. The van der Waals surface area contributed by atoms with Crippen molar-refractivity contribution in [3.8, 4) is 11.5 Å². The van der Waals surface area contributed by atoms with Crippen LogP contribution in [0, 0.1) is 5.82 Å². The highest BCUT2D eigenvalue weighted by molar-refractivity contribution is 5.96. The van der Waals surface area contributed by atoms with E-state index >= 15 is 0 Å². The Labute approximate surface area is 156 Å². The number of ether oxygens (including phenoxy) is 2. The maximum absolute atomic E-state index is 14.4. The van der Waals surface area contributed by atoms with Crippen LogP contribution in [-0.2, 0) is 6.54 Å². The Bertz CT molecular complexity index is 879. The van der Waals surface area contributed by atoms with E-state index in [1.165, 1.54) is 12.1 Å². The van der Waals surface area contributed by atoms with E-state index in [2.05, 4.69) is 0 Å². The number of hydrogen-bond donors (Lipinski definition) is 1. The predicted molar refractivity (Wildman–Crippen MR) is 95.8 cm³/mol. The highest BCUT2D eigenvalue weighted by Crippen LogP contribution is 2.33. The van der Waals surface area contributed by atoms with Gasteiger partial charge in [0.25, 0.3) is 5.91 Å². The molecular weight excluding hydrogens is 353 g/mol. The molecule has 6 nitrogen and oxygen atoms in total. The zero-order valence-electron chi connectivity index (χ0n) is 15.1. The van der Waals surface area contributed by atoms with Gasteiger partial charge in [-0.2, -0.15) is 0 Å². The molecule has 3 rings (SSSR count). The zero-order chi connectivity index (χ0) is 19.6. The first-order valence-electron chi connectivity index (χ1n) is 8.49. The fraction of sp³-hybridized carbons (Fsp3) is 0.300. The second-order valence-electron chi connectivity index (χ2n) is 6.34. The van der Waals surface area contributed by atoms with E-state index in [4.69, 9.17) is 14.6 Å². The van der Waals surface area contributed by atoms with E-state index in [1.807, 2.05) is 0 Å². The third-order valence-electron chi connectivity index (χ3n) is 4.52. The van der Waals surface area contributed by atoms with Crippen LogP contribution in [0.25, 0.3) is 0 Å². The third-order valence-corrected chi connectivity index (χ3v) is 4.52. The van der Waals surface area contributed by atoms with E-state index in [0.717, 1.165) is 24.5 Å². The van der Waals surface area contributed by atoms with Crippen molar-refractivity contribution >= 4 is 11.9 Å². The summed E-state index contributed by atoms with van der Waals surface area (Å²) in [4.78, 5) is 25.5. The van der Waals surface area contributed by atoms with Gasteiger partial charge in [0.1, 0.15) is 17.3 Å². The Kier molecular flexibility index (Phi) is 5.30. The van der Waals surface area contributed by atoms with Crippen LogP contribution in [-0.4, -0.2) is 42.1 Å². The molecule has 0 saturated heterocycles. The second kappa shape index (κ2) is 7.65. The van der Waals surface area contributed by atoms with Crippen molar-refractivity contribution < 1.29 is 28.6 Å². The summed E-state index contributed by atoms with van der Waals surface area (Å²) in [6.07, 6.45) is 1.68. The van der Waals surface area contributed by atoms with Gasteiger partial charge in [-0.15, -0.1) is 0 Å². The van der Waals surface area contributed by atoms with Crippen molar-refractivity contribution in [1.29, 1.82) is 0 Å². The van der Waals surface area contributed by atoms with Gasteiger partial charge in [-0.1, -0.05) is 0 Å². The molecule has 27 heavy (non-hydrogen) atoms. The first kappa shape index (κ1) is 18.7. The van der Waals surface area contributed by atoms with Crippen molar-refractivity contribution in [1.82, 2.24) is 4.90 Å². The molecule has 0 atom stereocenters. The lowest BCUT2D eigenvalue weighted by Crippen LogP contribution is -2.33. The third kappa shape index (κ3) is 4.02. The molecule has 0 unspecified atom stereocenters. The van der Waals surface area contributed by atoms with Crippen LogP contribution in [0.4, 0.5) is 4.39 Å². The molecule has 1 amide bonds. The predicted octanol–water partition coefficient (Wildman–Crippen LogP) is 3.35. The van der Waals surface area contributed by atoms with Crippen LogP contribution in [0.2, 0.25) is 0 Å². The number of methoxy groups -OCH3 is 2. The summed E-state index contributed by atoms with van der Waals surface area (Å²) < 4.78 is 25.0. The molecule has 0 spiro atoms. The molecule has 142 valence electrons. The number of benzene rings is 2. The molecular formula is C20H20FNO5. The van der Waals surface area contributed by atoms with E-state index in [0.29, 0.717) is 11.5 Å². The van der Waals surface area contributed by atoms with Gasteiger partial charge in [0.15, 0.2) is 0 Å². The van der Waals surface area contributed by atoms with Gasteiger partial charge in [0.2, 0.25) is 0 Å². The van der Waals surface area contributed by atoms with Crippen molar-refractivity contribution in [3.05, 3.63) is 58.9 Å². The van der Waals surface area contributed by atoms with Gasteiger partial charge in [0, 0.05) is 11.6 Å². The van der Waals surface area contributed by atoms with Crippen molar-refractivity contribution in [2.24, 2.45) is 0 Å². The summed E-state index contributed by atoms with van der Waals surface area (Å²) in [6.45, 7) is 0.240. The molecule has 1 saturated carbocycles. The largest absolute Gasteiger partial charge is 0.497 e. The van der Waals surface area contributed by atoms with Gasteiger partial charge >= 0.3 is 5.97 Å². The Balaban J connectivity index is 1.91. The summed E-state index contributed by atoms with van der Waals surface area (Å²) in [7, 11) is 3.09. The Morgan fingerprint density at radius 2 is 1.89 bits per heavy atom. The molecule has 0 aromatic heterocycles. The quantitative estimate of drug-likeness (QED) is 0.806. The standard InChI is InChI=1S/C20H20FNO5/c1-26-15-6-8-18(27-2)13(9-15)11-22(14-4-5-14)19(23)16-7-3-12(20(24)25)10-17(16)21/h3,6-10,14H,4-5,11H2,1-2H3,(H,24,25). The van der Waals surface area contributed by atoms with Gasteiger partial charge < -0.3 is 19.5 Å². The van der Waals surface area contributed by atoms with Crippen LogP contribution in [0.5, 0.6) is 11.5 Å². The number of nitrogens with zero attached hydrogens (tertiary/aromatic N) is 1. The summed E-state index contributed by atoms with van der Waals surface area (Å²) in [5, 5.41) is 8.96. The molecule has 0 bridgehead atoms. The Morgan fingerprint density at radius 3 is 2.44 bits per heavy atom. The molecule has 2 aromatic carbocycles. The Hall–Kier alpha value is -3.09. The summed E-state index contributed by atoms with van der Waals surface area (Å²) in [5.41, 5.74) is 0.407. The molecule has 1 N–H and O–H groups in total. The van der Waals surface area contributed by atoms with Crippen LogP contribution in [0.1, 0.15) is 39.1 Å². The SMILES string of the molecule is COc1ccc(OC)c(CN(C(=O)c2ccc(C(=O)O)cc2F)C2CC2)c1. The van der Waals surface area contributed by atoms with Crippen LogP contribution in [0.15, 0.2) is 36.4 Å². The maximum atomic E-state index is 14.4. The van der Waals surface area contributed by atoms with E-state index in [1.54, 1.807) is 37.3 Å². The minimum absolute atomic E-state index is 0.0203. The van der Waals surface area contributed by atoms with E-state index in [9.17, 15) is 14.0 Å². The smallest absolute Gasteiger partial charge is 0.335 e. The highest BCUT2D eigenvalue weighted by atomic mass is 19.1. The average molecular weight is 373 g/mol. The van der Waals surface area contributed by atoms with Gasteiger partial charge in [-0.05, 0) is 49.2 Å². The molecule has 0 heterocycles. The molecule has 0 radical (unpaired) electrons. The van der Waals surface area contributed by atoms with Crippen LogP contribution < -0.4 is 9.47 Å². The van der Waals surface area contributed by atoms with Crippen LogP contribution >= 0.6 is 0 Å². The van der Waals surface area contributed by atoms with Gasteiger partial charge in [0.05, 0.1) is 31.9 Å². The number of carbonyl (C=O) groups is 2. The number of halogens is 1. The molecule has 1 aliphatic rings. The summed E-state index contributed by atoms with van der Waals surface area (Å²) in [5.74, 6) is -1.32. The molecule has 0 aliphatic heterocycles. The molecule has 7 heteroatoms. The number of rotatable bonds is 7. The fourth-order valence-corrected chi connectivity index (χ4v) is 2.92.